The van der Waals surface area contributed by atoms with Gasteiger partial charge < -0.3 is 15.3 Å². The van der Waals surface area contributed by atoms with Gasteiger partial charge in [0.15, 0.2) is 0 Å². The number of benzene rings is 1. The molecule has 0 radical (unpaired) electrons. The Morgan fingerprint density at radius 2 is 2.04 bits per heavy atom. The van der Waals surface area contributed by atoms with Crippen molar-refractivity contribution in [1.82, 2.24) is 4.90 Å². The Morgan fingerprint density at radius 1 is 1.33 bits per heavy atom. The first kappa shape index (κ1) is 17.9. The highest BCUT2D eigenvalue weighted by Crippen LogP contribution is 2.26. The zero-order chi connectivity index (χ0) is 17.9. The lowest BCUT2D eigenvalue weighted by Crippen LogP contribution is -2.36. The van der Waals surface area contributed by atoms with Gasteiger partial charge in [-0.25, -0.2) is 4.39 Å². The summed E-state index contributed by atoms with van der Waals surface area (Å²) in [6.07, 6.45) is 0.545. The minimum Gasteiger partial charge on any atom is -0.481 e. The molecule has 1 heterocycles. The van der Waals surface area contributed by atoms with Crippen LogP contribution >= 0.6 is 0 Å². The third-order valence-corrected chi connectivity index (χ3v) is 3.79. The summed E-state index contributed by atoms with van der Waals surface area (Å²) < 4.78 is 14.3. The Kier molecular flexibility index (Phi) is 5.54. The number of nitrogens with zero attached hydrogens (tertiary/aromatic N) is 1. The van der Waals surface area contributed by atoms with Crippen LogP contribution in [0.4, 0.5) is 10.1 Å². The lowest BCUT2D eigenvalue weighted by atomic mass is 9.99. The Labute approximate surface area is 139 Å². The van der Waals surface area contributed by atoms with Crippen LogP contribution in [0.25, 0.3) is 0 Å². The number of hydrogen-bond acceptors (Lipinski definition) is 3. The molecule has 1 aromatic rings. The summed E-state index contributed by atoms with van der Waals surface area (Å²) in [5.74, 6) is -2.30. The van der Waals surface area contributed by atoms with E-state index in [0.717, 1.165) is 6.07 Å². The fraction of sp³-hybridized carbons (Fsp3) is 0.471. The quantitative estimate of drug-likeness (QED) is 0.834. The van der Waals surface area contributed by atoms with Crippen molar-refractivity contribution in [2.75, 3.05) is 18.4 Å². The van der Waals surface area contributed by atoms with Crippen LogP contribution in [0.2, 0.25) is 0 Å². The summed E-state index contributed by atoms with van der Waals surface area (Å²) in [6.45, 7) is 4.18. The van der Waals surface area contributed by atoms with Gasteiger partial charge in [-0.05, 0) is 30.0 Å². The number of hydrogen-bond donors (Lipinski definition) is 2. The van der Waals surface area contributed by atoms with Crippen LogP contribution in [-0.2, 0) is 16.0 Å². The highest BCUT2D eigenvalue weighted by molar-refractivity contribution is 5.98. The van der Waals surface area contributed by atoms with Crippen LogP contribution in [0.15, 0.2) is 12.1 Å². The summed E-state index contributed by atoms with van der Waals surface area (Å²) in [4.78, 5) is 36.2. The van der Waals surface area contributed by atoms with Crippen LogP contribution in [-0.4, -0.2) is 40.9 Å². The molecule has 0 atom stereocenters. The molecule has 1 aromatic carbocycles. The van der Waals surface area contributed by atoms with Gasteiger partial charge in [-0.1, -0.05) is 13.8 Å². The van der Waals surface area contributed by atoms with E-state index in [4.69, 9.17) is 5.11 Å². The van der Waals surface area contributed by atoms with Crippen LogP contribution in [0.5, 0.6) is 0 Å². The smallest absolute Gasteiger partial charge is 0.305 e. The standard InChI is InChI=1S/C17H21FN2O4/c1-10(2)9-20(6-5-16(22)23)17(24)12-7-11-3-4-15(21)19-14(11)8-13(12)18/h7-8,10H,3-6,9H2,1-2H3,(H,19,21)(H,22,23). The van der Waals surface area contributed by atoms with E-state index in [9.17, 15) is 18.8 Å². The van der Waals surface area contributed by atoms with Gasteiger partial charge in [-0.15, -0.1) is 0 Å². The summed E-state index contributed by atoms with van der Waals surface area (Å²) in [5.41, 5.74) is 1.01. The van der Waals surface area contributed by atoms with Crippen molar-refractivity contribution in [1.29, 1.82) is 0 Å². The molecule has 0 saturated heterocycles. The predicted molar refractivity (Wildman–Crippen MR) is 86.3 cm³/mol. The maximum atomic E-state index is 14.3. The third-order valence-electron chi connectivity index (χ3n) is 3.79. The second kappa shape index (κ2) is 7.42. The Morgan fingerprint density at radius 3 is 2.67 bits per heavy atom. The topological polar surface area (TPSA) is 86.7 Å². The maximum Gasteiger partial charge on any atom is 0.305 e. The molecule has 6 nitrogen and oxygen atoms in total. The van der Waals surface area contributed by atoms with Gasteiger partial charge in [-0.2, -0.15) is 0 Å². The summed E-state index contributed by atoms with van der Waals surface area (Å²) in [5, 5.41) is 11.4. The first-order chi connectivity index (χ1) is 11.3. The number of aryl methyl sites for hydroxylation is 1. The first-order valence-electron chi connectivity index (χ1n) is 7.91. The molecule has 7 heteroatoms. The Balaban J connectivity index is 2.28. The third kappa shape index (κ3) is 4.31. The highest BCUT2D eigenvalue weighted by atomic mass is 19.1. The summed E-state index contributed by atoms with van der Waals surface area (Å²) >= 11 is 0. The lowest BCUT2D eigenvalue weighted by Gasteiger charge is -2.25. The summed E-state index contributed by atoms with van der Waals surface area (Å²) in [6, 6.07) is 2.62. The average molecular weight is 336 g/mol. The van der Waals surface area contributed by atoms with Gasteiger partial charge >= 0.3 is 5.97 Å². The number of rotatable bonds is 6. The predicted octanol–water partition coefficient (Wildman–Crippen LogP) is 2.28. The normalized spacial score (nSPS) is 13.4. The molecule has 0 spiro atoms. The van der Waals surface area contributed by atoms with Crippen molar-refractivity contribution in [2.45, 2.75) is 33.1 Å². The van der Waals surface area contributed by atoms with Crippen molar-refractivity contribution in [3.8, 4) is 0 Å². The molecule has 0 bridgehead atoms. The van der Waals surface area contributed by atoms with Crippen LogP contribution in [0, 0.1) is 11.7 Å². The number of fused-ring (bicyclic) bond motifs is 1. The number of anilines is 1. The SMILES string of the molecule is CC(C)CN(CCC(=O)O)C(=O)c1cc2c(cc1F)NC(=O)CC2. The van der Waals surface area contributed by atoms with E-state index in [-0.39, 0.29) is 30.4 Å². The van der Waals surface area contributed by atoms with E-state index in [1.165, 1.54) is 11.0 Å². The van der Waals surface area contributed by atoms with E-state index in [0.29, 0.717) is 30.6 Å². The Bertz CT molecular complexity index is 673. The fourth-order valence-corrected chi connectivity index (χ4v) is 2.68. The molecule has 1 aliphatic rings. The number of carboxylic acids is 1. The molecule has 0 aromatic heterocycles. The zero-order valence-electron chi connectivity index (χ0n) is 13.8. The molecule has 1 aliphatic heterocycles. The number of carboxylic acid groups (broad SMARTS) is 1. The minimum absolute atomic E-state index is 0.0274. The van der Waals surface area contributed by atoms with E-state index in [1.807, 2.05) is 13.8 Å². The second-order valence-corrected chi connectivity index (χ2v) is 6.33. The van der Waals surface area contributed by atoms with E-state index >= 15 is 0 Å². The zero-order valence-corrected chi connectivity index (χ0v) is 13.8. The lowest BCUT2D eigenvalue weighted by molar-refractivity contribution is -0.137. The van der Waals surface area contributed by atoms with Gasteiger partial charge in [0, 0.05) is 25.2 Å². The van der Waals surface area contributed by atoms with Gasteiger partial charge in [0.2, 0.25) is 5.91 Å². The molecule has 130 valence electrons. The van der Waals surface area contributed by atoms with Crippen molar-refractivity contribution in [3.05, 3.63) is 29.1 Å². The first-order valence-corrected chi connectivity index (χ1v) is 7.91. The minimum atomic E-state index is -1.01. The molecular weight excluding hydrogens is 315 g/mol. The molecule has 0 fully saturated rings. The molecule has 2 amide bonds. The molecule has 0 unspecified atom stereocenters. The second-order valence-electron chi connectivity index (χ2n) is 6.33. The fourth-order valence-electron chi connectivity index (χ4n) is 2.68. The number of nitrogens with one attached hydrogen (secondary N) is 1. The van der Waals surface area contributed by atoms with E-state index in [2.05, 4.69) is 5.32 Å². The van der Waals surface area contributed by atoms with E-state index < -0.39 is 17.7 Å². The summed E-state index contributed by atoms with van der Waals surface area (Å²) in [7, 11) is 0. The van der Waals surface area contributed by atoms with Gasteiger partial charge in [0.25, 0.3) is 5.91 Å². The van der Waals surface area contributed by atoms with Crippen molar-refractivity contribution in [2.24, 2.45) is 5.92 Å². The van der Waals surface area contributed by atoms with Crippen LogP contribution in [0.3, 0.4) is 0 Å². The van der Waals surface area contributed by atoms with Gasteiger partial charge in [-0.3, -0.25) is 14.4 Å². The number of carbonyl (C=O) groups is 3. The number of carbonyl (C=O) groups excluding carboxylic acids is 2. The number of aliphatic carboxylic acids is 1. The average Bonchev–Trinajstić information content (AvgIpc) is 2.49. The molecule has 2 rings (SSSR count). The molecule has 24 heavy (non-hydrogen) atoms. The van der Waals surface area contributed by atoms with Gasteiger partial charge in [0.1, 0.15) is 5.82 Å². The largest absolute Gasteiger partial charge is 0.481 e. The van der Waals surface area contributed by atoms with Crippen LogP contribution in [0.1, 0.15) is 42.6 Å². The van der Waals surface area contributed by atoms with E-state index in [1.54, 1.807) is 0 Å². The molecule has 0 aliphatic carbocycles. The molecule has 2 N–H and O–H groups in total. The van der Waals surface area contributed by atoms with Gasteiger partial charge in [0.05, 0.1) is 12.0 Å². The van der Waals surface area contributed by atoms with Crippen molar-refractivity contribution >= 4 is 23.5 Å². The highest BCUT2D eigenvalue weighted by Gasteiger charge is 2.24. The van der Waals surface area contributed by atoms with Crippen molar-refractivity contribution < 1.29 is 23.9 Å². The maximum absolute atomic E-state index is 14.3. The van der Waals surface area contributed by atoms with Crippen molar-refractivity contribution in [3.63, 3.8) is 0 Å². The Hall–Kier alpha value is -2.44. The van der Waals surface area contributed by atoms with Crippen LogP contribution < -0.4 is 5.32 Å². The molecule has 0 saturated carbocycles. The number of amides is 2. The number of halogens is 1. The monoisotopic (exact) mass is 336 g/mol. The molecular formula is C17H21FN2O4.